The predicted molar refractivity (Wildman–Crippen MR) is 119 cm³/mol. The lowest BCUT2D eigenvalue weighted by Gasteiger charge is -2.34. The third kappa shape index (κ3) is 5.82. The van der Waals surface area contributed by atoms with Gasteiger partial charge in [-0.15, -0.1) is 0 Å². The third-order valence-corrected chi connectivity index (χ3v) is 7.22. The molecular formula is C22H28ClN3O3S. The Kier molecular flexibility index (Phi) is 7.52. The number of carbonyl (C=O) groups is 1. The number of rotatable bonds is 7. The Bertz CT molecular complexity index is 954. The molecule has 1 aliphatic heterocycles. The van der Waals surface area contributed by atoms with Crippen LogP contribution in [0.15, 0.2) is 53.4 Å². The molecule has 1 N–H and O–H groups in total. The van der Waals surface area contributed by atoms with Crippen molar-refractivity contribution in [1.29, 1.82) is 0 Å². The molecule has 0 saturated carbocycles. The molecule has 30 heavy (non-hydrogen) atoms. The predicted octanol–water partition coefficient (Wildman–Crippen LogP) is 3.37. The van der Waals surface area contributed by atoms with E-state index in [1.54, 1.807) is 12.1 Å². The van der Waals surface area contributed by atoms with Gasteiger partial charge in [-0.2, -0.15) is 0 Å². The van der Waals surface area contributed by atoms with E-state index in [-0.39, 0.29) is 16.8 Å². The molecular weight excluding hydrogens is 422 g/mol. The van der Waals surface area contributed by atoms with E-state index in [0.717, 1.165) is 24.7 Å². The topological polar surface area (TPSA) is 69.7 Å². The van der Waals surface area contributed by atoms with Crippen LogP contribution in [-0.2, 0) is 16.6 Å². The average molecular weight is 450 g/mol. The summed E-state index contributed by atoms with van der Waals surface area (Å²) in [6.45, 7) is 7.44. The summed E-state index contributed by atoms with van der Waals surface area (Å²) in [6.07, 6.45) is 0.708. The number of hydrogen-bond acceptors (Lipinski definition) is 4. The smallest absolute Gasteiger partial charge is 0.253 e. The Morgan fingerprint density at radius 1 is 1.03 bits per heavy atom. The van der Waals surface area contributed by atoms with Crippen LogP contribution in [0.2, 0.25) is 5.02 Å². The van der Waals surface area contributed by atoms with Gasteiger partial charge < -0.3 is 4.90 Å². The molecule has 0 aliphatic carbocycles. The maximum Gasteiger partial charge on any atom is 0.253 e. The quantitative estimate of drug-likeness (QED) is 0.703. The first kappa shape index (κ1) is 22.7. The van der Waals surface area contributed by atoms with E-state index in [0.29, 0.717) is 25.1 Å². The van der Waals surface area contributed by atoms with Gasteiger partial charge in [0.1, 0.15) is 0 Å². The van der Waals surface area contributed by atoms with E-state index in [2.05, 4.69) is 9.62 Å². The second-order valence-electron chi connectivity index (χ2n) is 7.65. The lowest BCUT2D eigenvalue weighted by atomic mass is 10.1. The fourth-order valence-corrected chi connectivity index (χ4v) is 4.79. The number of benzene rings is 2. The lowest BCUT2D eigenvalue weighted by molar-refractivity contribution is 0.0628. The number of amides is 1. The van der Waals surface area contributed by atoms with Crippen LogP contribution in [0.1, 0.15) is 36.2 Å². The minimum Gasteiger partial charge on any atom is -0.336 e. The third-order valence-electron chi connectivity index (χ3n) is 5.36. The summed E-state index contributed by atoms with van der Waals surface area (Å²) in [5.74, 6) is -0.0695. The molecule has 2 aromatic carbocycles. The van der Waals surface area contributed by atoms with Crippen molar-refractivity contribution in [2.24, 2.45) is 0 Å². The zero-order chi connectivity index (χ0) is 21.7. The van der Waals surface area contributed by atoms with Gasteiger partial charge in [-0.05, 0) is 55.3 Å². The summed E-state index contributed by atoms with van der Waals surface area (Å²) in [7, 11) is -3.57. The second kappa shape index (κ2) is 9.92. The van der Waals surface area contributed by atoms with Crippen molar-refractivity contribution >= 4 is 27.5 Å². The van der Waals surface area contributed by atoms with Gasteiger partial charge in [-0.1, -0.05) is 30.7 Å². The van der Waals surface area contributed by atoms with Crippen LogP contribution in [0, 0.1) is 0 Å². The highest BCUT2D eigenvalue weighted by Crippen LogP contribution is 2.16. The molecule has 1 heterocycles. The number of sulfonamides is 1. The zero-order valence-corrected chi connectivity index (χ0v) is 18.9. The maximum absolute atomic E-state index is 12.8. The van der Waals surface area contributed by atoms with Crippen molar-refractivity contribution in [2.45, 2.75) is 37.8 Å². The molecule has 162 valence electrons. The molecule has 1 fully saturated rings. The highest BCUT2D eigenvalue weighted by atomic mass is 35.5. The van der Waals surface area contributed by atoms with Gasteiger partial charge in [0.05, 0.1) is 4.90 Å². The molecule has 2 aromatic rings. The molecule has 8 heteroatoms. The van der Waals surface area contributed by atoms with Gasteiger partial charge >= 0.3 is 0 Å². The summed E-state index contributed by atoms with van der Waals surface area (Å²) in [5.41, 5.74) is 1.70. The molecule has 1 aliphatic rings. The van der Waals surface area contributed by atoms with Crippen molar-refractivity contribution in [2.75, 3.05) is 26.2 Å². The van der Waals surface area contributed by atoms with Gasteiger partial charge in [0.25, 0.3) is 5.91 Å². The average Bonchev–Trinajstić information content (AvgIpc) is 2.75. The first-order chi connectivity index (χ1) is 14.3. The fourth-order valence-electron chi connectivity index (χ4n) is 3.33. The highest BCUT2D eigenvalue weighted by molar-refractivity contribution is 7.89. The molecule has 1 unspecified atom stereocenters. The SMILES string of the molecule is CCC(C)NS(=O)(=O)c1ccc(C(=O)N2CCN(Cc3ccc(Cl)cc3)CC2)cc1. The van der Waals surface area contributed by atoms with Crippen LogP contribution in [0.3, 0.4) is 0 Å². The molecule has 0 bridgehead atoms. The monoisotopic (exact) mass is 449 g/mol. The Morgan fingerprint density at radius 2 is 1.63 bits per heavy atom. The van der Waals surface area contributed by atoms with Crippen LogP contribution in [-0.4, -0.2) is 56.3 Å². The highest BCUT2D eigenvalue weighted by Gasteiger charge is 2.23. The van der Waals surface area contributed by atoms with Crippen molar-refractivity contribution in [3.63, 3.8) is 0 Å². The summed E-state index contributed by atoms with van der Waals surface area (Å²) in [6, 6.07) is 13.8. The van der Waals surface area contributed by atoms with Gasteiger partial charge in [0, 0.05) is 49.4 Å². The van der Waals surface area contributed by atoms with Crippen molar-refractivity contribution in [3.8, 4) is 0 Å². The largest absolute Gasteiger partial charge is 0.336 e. The van der Waals surface area contributed by atoms with Gasteiger partial charge in [-0.25, -0.2) is 13.1 Å². The van der Waals surface area contributed by atoms with Gasteiger partial charge in [0.2, 0.25) is 10.0 Å². The molecule has 3 rings (SSSR count). The van der Waals surface area contributed by atoms with Crippen LogP contribution in [0.5, 0.6) is 0 Å². The summed E-state index contributed by atoms with van der Waals surface area (Å²) in [5, 5.41) is 0.726. The van der Waals surface area contributed by atoms with Crippen molar-refractivity contribution < 1.29 is 13.2 Å². The van der Waals surface area contributed by atoms with E-state index in [9.17, 15) is 13.2 Å². The Balaban J connectivity index is 1.56. The maximum atomic E-state index is 12.8. The lowest BCUT2D eigenvalue weighted by Crippen LogP contribution is -2.48. The number of nitrogens with one attached hydrogen (secondary N) is 1. The van der Waals surface area contributed by atoms with Crippen LogP contribution in [0.4, 0.5) is 0 Å². The molecule has 0 aromatic heterocycles. The van der Waals surface area contributed by atoms with E-state index in [1.807, 2.05) is 43.0 Å². The minimum absolute atomic E-state index is 0.0695. The molecule has 1 atom stereocenters. The normalized spacial score (nSPS) is 16.4. The van der Waals surface area contributed by atoms with Crippen molar-refractivity contribution in [3.05, 3.63) is 64.7 Å². The summed E-state index contributed by atoms with van der Waals surface area (Å²) >= 11 is 5.94. The van der Waals surface area contributed by atoms with E-state index in [1.165, 1.54) is 17.7 Å². The van der Waals surface area contributed by atoms with Crippen LogP contribution >= 0.6 is 11.6 Å². The fraction of sp³-hybridized carbons (Fsp3) is 0.409. The minimum atomic E-state index is -3.57. The molecule has 1 saturated heterocycles. The Labute approximate surface area is 183 Å². The Hall–Kier alpha value is -1.93. The molecule has 1 amide bonds. The molecule has 6 nitrogen and oxygen atoms in total. The first-order valence-electron chi connectivity index (χ1n) is 10.2. The van der Waals surface area contributed by atoms with E-state index in [4.69, 9.17) is 11.6 Å². The molecule has 0 radical (unpaired) electrons. The van der Waals surface area contributed by atoms with Crippen LogP contribution in [0.25, 0.3) is 0 Å². The number of piperazine rings is 1. The zero-order valence-electron chi connectivity index (χ0n) is 17.3. The van der Waals surface area contributed by atoms with E-state index < -0.39 is 10.0 Å². The molecule has 0 spiro atoms. The first-order valence-corrected chi connectivity index (χ1v) is 12.0. The Morgan fingerprint density at radius 3 is 2.20 bits per heavy atom. The summed E-state index contributed by atoms with van der Waals surface area (Å²) < 4.78 is 27.4. The number of nitrogens with zero attached hydrogens (tertiary/aromatic N) is 2. The second-order valence-corrected chi connectivity index (χ2v) is 9.80. The number of hydrogen-bond donors (Lipinski definition) is 1. The summed E-state index contributed by atoms with van der Waals surface area (Å²) in [4.78, 5) is 17.1. The standard InChI is InChI=1S/C22H28ClN3O3S/c1-3-17(2)24-30(28,29)21-10-6-19(7-11-21)22(27)26-14-12-25(13-15-26)16-18-4-8-20(23)9-5-18/h4-11,17,24H,3,12-16H2,1-2H3. The van der Waals surface area contributed by atoms with Crippen molar-refractivity contribution in [1.82, 2.24) is 14.5 Å². The number of carbonyl (C=O) groups excluding carboxylic acids is 1. The van der Waals surface area contributed by atoms with Crippen LogP contribution < -0.4 is 4.72 Å². The van der Waals surface area contributed by atoms with Gasteiger partial charge in [0.15, 0.2) is 0 Å². The van der Waals surface area contributed by atoms with E-state index >= 15 is 0 Å². The van der Waals surface area contributed by atoms with Gasteiger partial charge in [-0.3, -0.25) is 9.69 Å². The number of halogens is 1.